The van der Waals surface area contributed by atoms with Gasteiger partial charge in [0.25, 0.3) is 8.32 Å². The molecule has 0 amide bonds. The van der Waals surface area contributed by atoms with Gasteiger partial charge in [-0.1, -0.05) is 99.6 Å². The van der Waals surface area contributed by atoms with E-state index in [0.717, 1.165) is 21.9 Å². The van der Waals surface area contributed by atoms with E-state index in [-0.39, 0.29) is 35.9 Å². The van der Waals surface area contributed by atoms with Gasteiger partial charge in [0.1, 0.15) is 17.6 Å². The normalized spacial score (nSPS) is 23.5. The Kier molecular flexibility index (Phi) is 13.4. The number of carbonyl (C=O) groups excluding carboxylic acids is 2. The van der Waals surface area contributed by atoms with Crippen molar-refractivity contribution in [2.75, 3.05) is 34.5 Å². The van der Waals surface area contributed by atoms with Crippen molar-refractivity contribution in [2.24, 2.45) is 17.3 Å². The van der Waals surface area contributed by atoms with Gasteiger partial charge in [0.05, 0.1) is 45.5 Å². The molecule has 0 unspecified atom stereocenters. The Bertz CT molecular complexity index is 1810. The molecule has 1 saturated carbocycles. The predicted molar refractivity (Wildman–Crippen MR) is 218 cm³/mol. The molecule has 0 N–H and O–H groups in total. The second kappa shape index (κ2) is 18.2. The fraction of sp³-hybridized carbons (Fsp3) is 0.435. The second-order valence-electron chi connectivity index (χ2n) is 16.0. The Balaban J connectivity index is 1.35. The van der Waals surface area contributed by atoms with Crippen LogP contribution in [0.5, 0.6) is 11.5 Å². The summed E-state index contributed by atoms with van der Waals surface area (Å²) in [5, 5.41) is 2.06. The fourth-order valence-electron chi connectivity index (χ4n) is 9.25. The molecule has 0 radical (unpaired) electrons. The summed E-state index contributed by atoms with van der Waals surface area (Å²) in [4.78, 5) is 27.1. The number of benzene rings is 4. The van der Waals surface area contributed by atoms with Crippen LogP contribution in [0.25, 0.3) is 0 Å². The zero-order valence-electron chi connectivity index (χ0n) is 33.5. The first-order chi connectivity index (χ1) is 27.0. The lowest BCUT2D eigenvalue weighted by Crippen LogP contribution is -2.67. The maximum Gasteiger partial charge on any atom is 0.338 e. The van der Waals surface area contributed by atoms with Crippen molar-refractivity contribution in [3.8, 4) is 11.5 Å². The Hall–Kier alpha value is -4.48. The second-order valence-corrected chi connectivity index (χ2v) is 20.3. The van der Waals surface area contributed by atoms with Crippen molar-refractivity contribution in [1.82, 2.24) is 0 Å². The molecule has 1 heterocycles. The van der Waals surface area contributed by atoms with E-state index < -0.39 is 38.2 Å². The van der Waals surface area contributed by atoms with Gasteiger partial charge in [-0.2, -0.15) is 0 Å². The fourth-order valence-corrected chi connectivity index (χ4v) is 13.8. The minimum absolute atomic E-state index is 0.122. The molecule has 1 aliphatic carbocycles. The summed E-state index contributed by atoms with van der Waals surface area (Å²) < 4.78 is 43.8. The third kappa shape index (κ3) is 8.73. The van der Waals surface area contributed by atoms with E-state index >= 15 is 0 Å². The molecule has 1 aliphatic heterocycles. The molecule has 2 fully saturated rings. The van der Waals surface area contributed by atoms with Gasteiger partial charge < -0.3 is 32.8 Å². The summed E-state index contributed by atoms with van der Waals surface area (Å²) in [7, 11) is 1.74. The van der Waals surface area contributed by atoms with Gasteiger partial charge in [0, 0.05) is 13.0 Å². The van der Waals surface area contributed by atoms with Gasteiger partial charge in [0.2, 0.25) is 0 Å². The van der Waals surface area contributed by atoms with Gasteiger partial charge in [-0.05, 0) is 88.8 Å². The first-order valence-electron chi connectivity index (χ1n) is 19.6. The van der Waals surface area contributed by atoms with Crippen molar-refractivity contribution in [3.63, 3.8) is 0 Å². The highest BCUT2D eigenvalue weighted by Crippen LogP contribution is 2.60. The Morgan fingerprint density at radius 1 is 0.804 bits per heavy atom. The third-order valence-electron chi connectivity index (χ3n) is 11.8. The van der Waals surface area contributed by atoms with Crippen LogP contribution < -0.4 is 19.8 Å². The zero-order chi connectivity index (χ0) is 39.8. The first-order valence-corrected chi connectivity index (χ1v) is 21.5. The number of ether oxygens (including phenoxy) is 6. The molecule has 56 heavy (non-hydrogen) atoms. The Morgan fingerprint density at radius 3 is 1.95 bits per heavy atom. The van der Waals surface area contributed by atoms with Crippen LogP contribution in [-0.4, -0.2) is 73.3 Å². The summed E-state index contributed by atoms with van der Waals surface area (Å²) in [6.45, 7) is 7.45. The molecule has 4 aromatic carbocycles. The van der Waals surface area contributed by atoms with Crippen molar-refractivity contribution in [2.45, 2.75) is 76.4 Å². The average Bonchev–Trinajstić information content (AvgIpc) is 3.58. The van der Waals surface area contributed by atoms with E-state index in [9.17, 15) is 9.59 Å². The quantitative estimate of drug-likeness (QED) is 0.0647. The first kappa shape index (κ1) is 41.2. The van der Waals surface area contributed by atoms with Crippen LogP contribution in [0.3, 0.4) is 0 Å². The van der Waals surface area contributed by atoms with E-state index in [4.69, 9.17) is 32.8 Å². The molecule has 6 rings (SSSR count). The highest BCUT2D eigenvalue weighted by Gasteiger charge is 2.62. The van der Waals surface area contributed by atoms with E-state index in [1.807, 2.05) is 54.6 Å². The maximum atomic E-state index is 13.5. The summed E-state index contributed by atoms with van der Waals surface area (Å²) in [5.74, 6) is 0.329. The smallest absolute Gasteiger partial charge is 0.338 e. The molecule has 9 nitrogen and oxygen atoms in total. The van der Waals surface area contributed by atoms with E-state index in [2.05, 4.69) is 69.3 Å². The van der Waals surface area contributed by atoms with Crippen LogP contribution in [0.15, 0.2) is 115 Å². The van der Waals surface area contributed by atoms with Gasteiger partial charge in [-0.25, -0.2) is 4.79 Å². The molecule has 0 spiro atoms. The topological polar surface area (TPSA) is 98.8 Å². The number of hydrogen-bond donors (Lipinski definition) is 0. The van der Waals surface area contributed by atoms with Gasteiger partial charge in [0.15, 0.2) is 6.29 Å². The van der Waals surface area contributed by atoms with Gasteiger partial charge >= 0.3 is 11.9 Å². The molecular formula is C46H56O9Si. The van der Waals surface area contributed by atoms with Crippen LogP contribution in [0.2, 0.25) is 5.04 Å². The summed E-state index contributed by atoms with van der Waals surface area (Å²) in [6.07, 6.45) is 0.790. The maximum absolute atomic E-state index is 13.5. The summed E-state index contributed by atoms with van der Waals surface area (Å²) in [6, 6.07) is 37.5. The molecule has 298 valence electrons. The van der Waals surface area contributed by atoms with Crippen LogP contribution in [0, 0.1) is 17.3 Å². The minimum Gasteiger partial charge on any atom is -0.497 e. The lowest BCUT2D eigenvalue weighted by molar-refractivity contribution is -0.274. The van der Waals surface area contributed by atoms with Crippen LogP contribution in [0.4, 0.5) is 0 Å². The molecular weight excluding hydrogens is 725 g/mol. The Labute approximate surface area is 332 Å². The monoisotopic (exact) mass is 780 g/mol. The van der Waals surface area contributed by atoms with E-state index in [1.165, 1.54) is 7.11 Å². The van der Waals surface area contributed by atoms with Crippen molar-refractivity contribution in [3.05, 3.63) is 121 Å². The molecule has 6 atom stereocenters. The summed E-state index contributed by atoms with van der Waals surface area (Å²) in [5.41, 5.74) is -0.207. The molecule has 10 heteroatoms. The van der Waals surface area contributed by atoms with Crippen molar-refractivity contribution in [1.29, 1.82) is 0 Å². The van der Waals surface area contributed by atoms with Gasteiger partial charge in [-0.15, -0.1) is 0 Å². The molecule has 0 aromatic heterocycles. The molecule has 4 aromatic rings. The van der Waals surface area contributed by atoms with Crippen molar-refractivity contribution < 1.29 is 42.4 Å². The van der Waals surface area contributed by atoms with E-state index in [1.54, 1.807) is 26.4 Å². The standard InChI is InChI=1S/C46H56O9Si/c1-45(2,3)56(37-19-12-8-13-20-37,38-21-14-9-15-22-38)53-32-41-40-29-36(54-43(48)33-17-10-7-11-18-33)30-46(40,31-42(47)50-5)39(44(51-6)55-41)23-16-28-52-35-26-24-34(49-4)25-27-35/h7-15,17-22,24-27,36,39-41,44H,16,23,28-32H2,1-6H3/t36-,39-,40+,41+,44-,46+/m0/s1. The minimum atomic E-state index is -2.96. The SMILES string of the molecule is COC(=O)C[C@@]12C[C@@H](OC(=O)c3ccccc3)C[C@@H]1[C@@H](CO[Si](c1ccccc1)(c1ccccc1)C(C)(C)C)O[C@H](OC)[C@@H]2CCCOc1ccc(OC)cc1. The highest BCUT2D eigenvalue weighted by atomic mass is 28.4. The van der Waals surface area contributed by atoms with Crippen LogP contribution in [0.1, 0.15) is 63.2 Å². The van der Waals surface area contributed by atoms with Crippen LogP contribution in [-0.2, 0) is 28.2 Å². The van der Waals surface area contributed by atoms with Crippen molar-refractivity contribution >= 4 is 30.6 Å². The lowest BCUT2D eigenvalue weighted by atomic mass is 9.61. The predicted octanol–water partition coefficient (Wildman–Crippen LogP) is 7.60. The number of carbonyl (C=O) groups is 2. The number of rotatable bonds is 16. The largest absolute Gasteiger partial charge is 0.497 e. The number of fused-ring (bicyclic) bond motifs is 1. The number of esters is 2. The van der Waals surface area contributed by atoms with Gasteiger partial charge in [-0.3, -0.25) is 4.79 Å². The number of methoxy groups -OCH3 is 3. The highest BCUT2D eigenvalue weighted by molar-refractivity contribution is 6.99. The Morgan fingerprint density at radius 2 is 1.39 bits per heavy atom. The zero-order valence-corrected chi connectivity index (χ0v) is 34.5. The lowest BCUT2D eigenvalue weighted by Gasteiger charge is -2.53. The molecule has 1 saturated heterocycles. The third-order valence-corrected chi connectivity index (χ3v) is 16.8. The molecule has 2 aliphatic rings. The van der Waals surface area contributed by atoms with E-state index in [0.29, 0.717) is 37.9 Å². The molecule has 0 bridgehead atoms. The van der Waals surface area contributed by atoms with Crippen LogP contribution >= 0.6 is 0 Å². The average molecular weight is 781 g/mol. The summed E-state index contributed by atoms with van der Waals surface area (Å²) >= 11 is 0. The number of hydrogen-bond acceptors (Lipinski definition) is 9.